The van der Waals surface area contributed by atoms with Crippen LogP contribution < -0.4 is 4.74 Å². The summed E-state index contributed by atoms with van der Waals surface area (Å²) >= 11 is 1.36. The number of rotatable bonds is 4. The first kappa shape index (κ1) is 16.4. The average molecular weight is 362 g/mol. The van der Waals surface area contributed by atoms with E-state index in [9.17, 15) is 9.59 Å². The minimum absolute atomic E-state index is 0.207. The maximum Gasteiger partial charge on any atom is 0.209 e. The lowest BCUT2D eigenvalue weighted by atomic mass is 10.1. The Bertz CT molecular complexity index is 987. The number of fused-ring (bicyclic) bond motifs is 1. The first-order chi connectivity index (χ1) is 12.7. The predicted molar refractivity (Wildman–Crippen MR) is 101 cm³/mol. The number of benzene rings is 2. The second kappa shape index (κ2) is 6.65. The van der Waals surface area contributed by atoms with Gasteiger partial charge in [-0.3, -0.25) is 9.59 Å². The Hall–Kier alpha value is -3.12. The number of aliphatic imine (C=N–C) groups is 1. The predicted octanol–water partition coefficient (Wildman–Crippen LogP) is 4.22. The van der Waals surface area contributed by atoms with Crippen LogP contribution in [0.15, 0.2) is 58.9 Å². The zero-order valence-electron chi connectivity index (χ0n) is 13.9. The van der Waals surface area contributed by atoms with Crippen molar-refractivity contribution >= 4 is 34.2 Å². The Balaban J connectivity index is 1.54. The largest absolute Gasteiger partial charge is 0.497 e. The number of hydrogen-bond acceptors (Lipinski definition) is 6. The summed E-state index contributed by atoms with van der Waals surface area (Å²) in [5.74, 6) is -0.497. The molecule has 3 aromatic rings. The number of aromatic nitrogens is 1. The quantitative estimate of drug-likeness (QED) is 0.515. The van der Waals surface area contributed by atoms with Gasteiger partial charge in [0, 0.05) is 28.3 Å². The smallest absolute Gasteiger partial charge is 0.209 e. The third-order valence-corrected chi connectivity index (χ3v) is 4.98. The molecule has 0 saturated heterocycles. The molecule has 4 rings (SSSR count). The van der Waals surface area contributed by atoms with Crippen LogP contribution in [0.25, 0.3) is 11.3 Å². The molecule has 1 aliphatic rings. The van der Waals surface area contributed by atoms with E-state index in [2.05, 4.69) is 9.98 Å². The normalized spacial score (nSPS) is 14.2. The standard InChI is InChI=1S/C20H14N2O3S/c1-25-13-8-6-12(7-9-13)17-11-26-20(22-17)21-10-16-18(23)14-4-2-3-5-15(14)19(16)24/h2-11,16H,1H3/b21-10+. The number of thiazole rings is 1. The maximum absolute atomic E-state index is 12.4. The van der Waals surface area contributed by atoms with Crippen molar-refractivity contribution in [2.24, 2.45) is 10.9 Å². The lowest BCUT2D eigenvalue weighted by Crippen LogP contribution is -2.16. The van der Waals surface area contributed by atoms with E-state index in [0.717, 1.165) is 17.0 Å². The number of nitrogens with zero attached hydrogens (tertiary/aromatic N) is 2. The first-order valence-electron chi connectivity index (χ1n) is 7.99. The van der Waals surface area contributed by atoms with E-state index < -0.39 is 5.92 Å². The number of ketones is 2. The molecule has 0 spiro atoms. The topological polar surface area (TPSA) is 68.6 Å². The van der Waals surface area contributed by atoms with E-state index in [0.29, 0.717) is 16.3 Å². The summed E-state index contributed by atoms with van der Waals surface area (Å²) in [6.07, 6.45) is 1.40. The second-order valence-electron chi connectivity index (χ2n) is 5.77. The fourth-order valence-corrected chi connectivity index (χ4v) is 3.54. The molecule has 0 fully saturated rings. The van der Waals surface area contributed by atoms with Crippen molar-refractivity contribution in [1.82, 2.24) is 4.98 Å². The monoisotopic (exact) mass is 362 g/mol. The van der Waals surface area contributed by atoms with E-state index in [1.807, 2.05) is 29.6 Å². The van der Waals surface area contributed by atoms with E-state index >= 15 is 0 Å². The average Bonchev–Trinajstić information content (AvgIpc) is 3.25. The number of Topliss-reactive ketones (excluding diaryl/α,β-unsaturated/α-hetero) is 2. The summed E-state index contributed by atoms with van der Waals surface area (Å²) in [6, 6.07) is 14.4. The molecular formula is C20H14N2O3S. The minimum atomic E-state index is -0.860. The summed E-state index contributed by atoms with van der Waals surface area (Å²) in [6.45, 7) is 0. The Labute approximate surface area is 154 Å². The van der Waals surface area contributed by atoms with Gasteiger partial charge in [-0.05, 0) is 24.3 Å². The second-order valence-corrected chi connectivity index (χ2v) is 6.61. The first-order valence-corrected chi connectivity index (χ1v) is 8.87. The van der Waals surface area contributed by atoms with E-state index in [1.165, 1.54) is 17.6 Å². The highest BCUT2D eigenvalue weighted by Gasteiger charge is 2.37. The summed E-state index contributed by atoms with van der Waals surface area (Å²) in [7, 11) is 1.62. The van der Waals surface area contributed by atoms with Crippen molar-refractivity contribution in [2.75, 3.05) is 7.11 Å². The van der Waals surface area contributed by atoms with E-state index in [1.54, 1.807) is 31.4 Å². The Morgan fingerprint density at radius 3 is 2.31 bits per heavy atom. The molecule has 1 aliphatic carbocycles. The third-order valence-electron chi connectivity index (χ3n) is 4.23. The van der Waals surface area contributed by atoms with Crippen molar-refractivity contribution in [1.29, 1.82) is 0 Å². The molecule has 0 amide bonds. The van der Waals surface area contributed by atoms with Crippen LogP contribution in [-0.4, -0.2) is 29.9 Å². The van der Waals surface area contributed by atoms with Crippen molar-refractivity contribution in [3.05, 3.63) is 65.0 Å². The van der Waals surface area contributed by atoms with Crippen molar-refractivity contribution < 1.29 is 14.3 Å². The molecule has 1 heterocycles. The molecule has 0 N–H and O–H groups in total. The Morgan fingerprint density at radius 1 is 1.04 bits per heavy atom. The molecule has 0 atom stereocenters. The van der Waals surface area contributed by atoms with Crippen LogP contribution in [0, 0.1) is 5.92 Å². The van der Waals surface area contributed by atoms with Crippen LogP contribution in [0.2, 0.25) is 0 Å². The number of carbonyl (C=O) groups excluding carboxylic acids is 2. The number of methoxy groups -OCH3 is 1. The van der Waals surface area contributed by atoms with Crippen LogP contribution in [0.1, 0.15) is 20.7 Å². The third kappa shape index (κ3) is 2.84. The highest BCUT2D eigenvalue weighted by molar-refractivity contribution is 7.13. The van der Waals surface area contributed by atoms with Crippen LogP contribution in [0.4, 0.5) is 5.13 Å². The van der Waals surface area contributed by atoms with Gasteiger partial charge in [-0.25, -0.2) is 9.98 Å². The van der Waals surface area contributed by atoms with Crippen molar-refractivity contribution in [3.8, 4) is 17.0 Å². The Kier molecular flexibility index (Phi) is 4.18. The molecule has 0 saturated carbocycles. The van der Waals surface area contributed by atoms with Gasteiger partial charge in [0.15, 0.2) is 11.6 Å². The fourth-order valence-electron chi connectivity index (χ4n) is 2.86. The van der Waals surface area contributed by atoms with Gasteiger partial charge in [0.05, 0.1) is 12.8 Å². The summed E-state index contributed by atoms with van der Waals surface area (Å²) in [4.78, 5) is 33.5. The molecule has 6 heteroatoms. The summed E-state index contributed by atoms with van der Waals surface area (Å²) < 4.78 is 5.15. The van der Waals surface area contributed by atoms with Gasteiger partial charge in [0.1, 0.15) is 11.7 Å². The Morgan fingerprint density at radius 2 is 1.69 bits per heavy atom. The number of carbonyl (C=O) groups is 2. The molecule has 2 aromatic carbocycles. The summed E-state index contributed by atoms with van der Waals surface area (Å²) in [5, 5.41) is 2.40. The molecule has 26 heavy (non-hydrogen) atoms. The van der Waals surface area contributed by atoms with Gasteiger partial charge >= 0.3 is 0 Å². The van der Waals surface area contributed by atoms with Gasteiger partial charge in [-0.15, -0.1) is 11.3 Å². The van der Waals surface area contributed by atoms with Gasteiger partial charge in [-0.2, -0.15) is 0 Å². The van der Waals surface area contributed by atoms with Crippen LogP contribution in [0.5, 0.6) is 5.75 Å². The molecule has 0 unspecified atom stereocenters. The van der Waals surface area contributed by atoms with Crippen LogP contribution in [-0.2, 0) is 0 Å². The lowest BCUT2D eigenvalue weighted by molar-refractivity contribution is 0.0886. The molecule has 5 nitrogen and oxygen atoms in total. The number of hydrogen-bond donors (Lipinski definition) is 0. The molecular weight excluding hydrogens is 348 g/mol. The van der Waals surface area contributed by atoms with Gasteiger partial charge in [-0.1, -0.05) is 24.3 Å². The highest BCUT2D eigenvalue weighted by atomic mass is 32.1. The maximum atomic E-state index is 12.4. The molecule has 0 radical (unpaired) electrons. The highest BCUT2D eigenvalue weighted by Crippen LogP contribution is 2.29. The number of ether oxygens (including phenoxy) is 1. The molecule has 0 aliphatic heterocycles. The fraction of sp³-hybridized carbons (Fsp3) is 0.100. The van der Waals surface area contributed by atoms with Crippen LogP contribution >= 0.6 is 11.3 Å². The van der Waals surface area contributed by atoms with Gasteiger partial charge in [0.25, 0.3) is 0 Å². The SMILES string of the molecule is COc1ccc(-c2csc(/N=C/C3C(=O)c4ccccc4C3=O)n2)cc1. The van der Waals surface area contributed by atoms with Crippen LogP contribution in [0.3, 0.4) is 0 Å². The molecule has 1 aromatic heterocycles. The lowest BCUT2D eigenvalue weighted by Gasteiger charge is -2.00. The van der Waals surface area contributed by atoms with Crippen molar-refractivity contribution in [2.45, 2.75) is 0 Å². The zero-order valence-corrected chi connectivity index (χ0v) is 14.7. The van der Waals surface area contributed by atoms with Gasteiger partial charge in [0.2, 0.25) is 5.13 Å². The van der Waals surface area contributed by atoms with Crippen molar-refractivity contribution in [3.63, 3.8) is 0 Å². The van der Waals surface area contributed by atoms with E-state index in [4.69, 9.17) is 4.74 Å². The van der Waals surface area contributed by atoms with E-state index in [-0.39, 0.29) is 11.6 Å². The molecule has 0 bridgehead atoms. The van der Waals surface area contributed by atoms with Gasteiger partial charge < -0.3 is 4.74 Å². The summed E-state index contributed by atoms with van der Waals surface area (Å²) in [5.41, 5.74) is 2.67. The minimum Gasteiger partial charge on any atom is -0.497 e. The molecule has 128 valence electrons. The zero-order chi connectivity index (χ0) is 18.1.